The summed E-state index contributed by atoms with van der Waals surface area (Å²) in [7, 11) is 3.75. The van der Waals surface area contributed by atoms with E-state index in [1.165, 1.54) is 24.8 Å². The van der Waals surface area contributed by atoms with Crippen LogP contribution >= 0.6 is 0 Å². The molecule has 2 aliphatic rings. The topological polar surface area (TPSA) is 33.7 Å². The highest BCUT2D eigenvalue weighted by molar-refractivity contribution is 5.29. The summed E-state index contributed by atoms with van der Waals surface area (Å²) < 4.78 is 11.1. The minimum Gasteiger partial charge on any atom is -0.497 e. The minimum atomic E-state index is 0.357. The number of likely N-dealkylation sites (N-methyl/N-ethyl adjacent to an activating group) is 1. The van der Waals surface area contributed by atoms with Crippen LogP contribution in [-0.2, 0) is 4.74 Å². The van der Waals surface area contributed by atoms with E-state index in [-0.39, 0.29) is 0 Å². The summed E-state index contributed by atoms with van der Waals surface area (Å²) in [4.78, 5) is 2.62. The number of hydrogen-bond acceptors (Lipinski definition) is 4. The molecule has 1 saturated carbocycles. The van der Waals surface area contributed by atoms with Crippen molar-refractivity contribution in [2.45, 2.75) is 37.5 Å². The lowest BCUT2D eigenvalue weighted by Gasteiger charge is -2.39. The first-order valence-electron chi connectivity index (χ1n) is 7.98. The number of ether oxygens (including phenoxy) is 2. The molecule has 1 saturated heterocycles. The largest absolute Gasteiger partial charge is 0.497 e. The van der Waals surface area contributed by atoms with Crippen LogP contribution in [0.15, 0.2) is 24.3 Å². The number of methoxy groups -OCH3 is 1. The van der Waals surface area contributed by atoms with Gasteiger partial charge in [-0.3, -0.25) is 4.90 Å². The van der Waals surface area contributed by atoms with Crippen LogP contribution in [0.1, 0.15) is 30.9 Å². The Bertz CT molecular complexity index is 449. The molecular formula is C17H26N2O2. The zero-order valence-electron chi connectivity index (χ0n) is 13.0. The van der Waals surface area contributed by atoms with E-state index in [0.717, 1.165) is 25.4 Å². The van der Waals surface area contributed by atoms with Crippen LogP contribution in [0.3, 0.4) is 0 Å². The van der Waals surface area contributed by atoms with E-state index in [4.69, 9.17) is 9.47 Å². The molecule has 0 spiro atoms. The Morgan fingerprint density at radius 1 is 1.33 bits per heavy atom. The van der Waals surface area contributed by atoms with Crippen molar-refractivity contribution in [3.8, 4) is 5.75 Å². The van der Waals surface area contributed by atoms with Gasteiger partial charge in [-0.05, 0) is 44.0 Å². The summed E-state index contributed by atoms with van der Waals surface area (Å²) in [5, 5.41) is 3.46. The Balaban J connectivity index is 1.68. The van der Waals surface area contributed by atoms with E-state index >= 15 is 0 Å². The number of nitrogens with zero attached hydrogens (tertiary/aromatic N) is 1. The van der Waals surface area contributed by atoms with Gasteiger partial charge in [-0.2, -0.15) is 0 Å². The van der Waals surface area contributed by atoms with Crippen LogP contribution in [0.25, 0.3) is 0 Å². The smallest absolute Gasteiger partial charge is 0.118 e. The van der Waals surface area contributed by atoms with Gasteiger partial charge in [-0.1, -0.05) is 12.1 Å². The average Bonchev–Trinajstić information content (AvgIpc) is 3.02. The lowest BCUT2D eigenvalue weighted by molar-refractivity contribution is -0.0580. The molecule has 1 heterocycles. The van der Waals surface area contributed by atoms with Crippen molar-refractivity contribution in [3.63, 3.8) is 0 Å². The van der Waals surface area contributed by atoms with Crippen molar-refractivity contribution in [2.24, 2.45) is 0 Å². The Labute approximate surface area is 127 Å². The predicted octanol–water partition coefficient (Wildman–Crippen LogP) is 2.21. The second-order valence-corrected chi connectivity index (χ2v) is 6.02. The molecule has 0 radical (unpaired) electrons. The van der Waals surface area contributed by atoms with E-state index in [1.807, 2.05) is 19.2 Å². The summed E-state index contributed by atoms with van der Waals surface area (Å²) in [6, 6.07) is 9.37. The second-order valence-electron chi connectivity index (χ2n) is 6.02. The normalized spacial score (nSPS) is 27.3. The number of benzene rings is 1. The summed E-state index contributed by atoms with van der Waals surface area (Å²) >= 11 is 0. The molecule has 21 heavy (non-hydrogen) atoms. The molecule has 4 heteroatoms. The van der Waals surface area contributed by atoms with Gasteiger partial charge in [0, 0.05) is 25.2 Å². The molecule has 0 aromatic heterocycles. The number of morpholine rings is 1. The Morgan fingerprint density at radius 3 is 2.86 bits per heavy atom. The molecule has 3 atom stereocenters. The third-order valence-corrected chi connectivity index (χ3v) is 4.88. The molecule has 2 fully saturated rings. The molecule has 4 nitrogen and oxygen atoms in total. The highest BCUT2D eigenvalue weighted by Crippen LogP contribution is 2.31. The molecule has 0 bridgehead atoms. The van der Waals surface area contributed by atoms with Crippen molar-refractivity contribution in [3.05, 3.63) is 29.8 Å². The maximum atomic E-state index is 5.90. The van der Waals surface area contributed by atoms with Crippen LogP contribution in [0.2, 0.25) is 0 Å². The maximum Gasteiger partial charge on any atom is 0.118 e. The molecule has 0 amide bonds. The van der Waals surface area contributed by atoms with E-state index in [2.05, 4.69) is 22.3 Å². The van der Waals surface area contributed by atoms with Gasteiger partial charge in [0.15, 0.2) is 0 Å². The molecule has 3 unspecified atom stereocenters. The molecular weight excluding hydrogens is 264 g/mol. The summed E-state index contributed by atoms with van der Waals surface area (Å²) in [5.74, 6) is 0.913. The molecule has 1 aliphatic heterocycles. The first-order valence-corrected chi connectivity index (χ1v) is 7.98. The van der Waals surface area contributed by atoms with Crippen molar-refractivity contribution < 1.29 is 9.47 Å². The average molecular weight is 290 g/mol. The Morgan fingerprint density at radius 2 is 2.14 bits per heavy atom. The predicted molar refractivity (Wildman–Crippen MR) is 83.7 cm³/mol. The van der Waals surface area contributed by atoms with Gasteiger partial charge in [0.25, 0.3) is 0 Å². The molecule has 116 valence electrons. The molecule has 3 rings (SSSR count). The monoisotopic (exact) mass is 290 g/mol. The van der Waals surface area contributed by atoms with Crippen molar-refractivity contribution in [2.75, 3.05) is 33.9 Å². The third kappa shape index (κ3) is 3.23. The summed E-state index contributed by atoms with van der Waals surface area (Å²) in [6.07, 6.45) is 4.28. The van der Waals surface area contributed by atoms with E-state index < -0.39 is 0 Å². The van der Waals surface area contributed by atoms with Crippen LogP contribution in [0, 0.1) is 0 Å². The lowest BCUT2D eigenvalue weighted by atomic mass is 10.0. The van der Waals surface area contributed by atoms with Gasteiger partial charge >= 0.3 is 0 Å². The zero-order valence-corrected chi connectivity index (χ0v) is 13.0. The fourth-order valence-corrected chi connectivity index (χ4v) is 3.67. The fraction of sp³-hybridized carbons (Fsp3) is 0.647. The summed E-state index contributed by atoms with van der Waals surface area (Å²) in [5.41, 5.74) is 1.32. The van der Waals surface area contributed by atoms with E-state index in [9.17, 15) is 0 Å². The lowest BCUT2D eigenvalue weighted by Crippen LogP contribution is -2.50. The van der Waals surface area contributed by atoms with Gasteiger partial charge in [0.2, 0.25) is 0 Å². The highest BCUT2D eigenvalue weighted by Gasteiger charge is 2.36. The molecule has 1 aromatic rings. The van der Waals surface area contributed by atoms with Crippen LogP contribution in [-0.4, -0.2) is 50.9 Å². The third-order valence-electron chi connectivity index (χ3n) is 4.88. The van der Waals surface area contributed by atoms with Gasteiger partial charge in [-0.15, -0.1) is 0 Å². The summed E-state index contributed by atoms with van der Waals surface area (Å²) in [6.45, 7) is 2.98. The number of rotatable bonds is 5. The van der Waals surface area contributed by atoms with Crippen molar-refractivity contribution in [1.82, 2.24) is 10.2 Å². The maximum absolute atomic E-state index is 5.90. The second kappa shape index (κ2) is 6.77. The van der Waals surface area contributed by atoms with Crippen LogP contribution in [0.5, 0.6) is 5.75 Å². The van der Waals surface area contributed by atoms with Crippen LogP contribution < -0.4 is 10.1 Å². The Kier molecular flexibility index (Phi) is 4.78. The molecule has 1 aromatic carbocycles. The molecule has 1 aliphatic carbocycles. The fourth-order valence-electron chi connectivity index (χ4n) is 3.67. The highest BCUT2D eigenvalue weighted by atomic mass is 16.5. The zero-order chi connectivity index (χ0) is 14.7. The van der Waals surface area contributed by atoms with Gasteiger partial charge in [0.1, 0.15) is 5.75 Å². The Hall–Kier alpha value is -1.10. The number of hydrogen-bond donors (Lipinski definition) is 1. The van der Waals surface area contributed by atoms with Crippen molar-refractivity contribution >= 4 is 0 Å². The van der Waals surface area contributed by atoms with Gasteiger partial charge < -0.3 is 14.8 Å². The van der Waals surface area contributed by atoms with Crippen LogP contribution in [0.4, 0.5) is 0 Å². The molecule has 1 N–H and O–H groups in total. The van der Waals surface area contributed by atoms with Gasteiger partial charge in [-0.25, -0.2) is 0 Å². The minimum absolute atomic E-state index is 0.357. The van der Waals surface area contributed by atoms with Crippen molar-refractivity contribution in [1.29, 1.82) is 0 Å². The SMILES string of the molecule is CNC(CN1CCOC2CCCC21)c1ccc(OC)cc1. The van der Waals surface area contributed by atoms with E-state index in [0.29, 0.717) is 18.2 Å². The first kappa shape index (κ1) is 14.8. The van der Waals surface area contributed by atoms with E-state index in [1.54, 1.807) is 7.11 Å². The number of nitrogens with one attached hydrogen (secondary N) is 1. The first-order chi connectivity index (χ1) is 10.3. The van der Waals surface area contributed by atoms with Gasteiger partial charge in [0.05, 0.1) is 19.8 Å². The number of fused-ring (bicyclic) bond motifs is 1. The standard InChI is InChI=1S/C17H26N2O2/c1-18-15(13-6-8-14(20-2)9-7-13)12-19-10-11-21-17-5-3-4-16(17)19/h6-9,15-18H,3-5,10-12H2,1-2H3. The quantitative estimate of drug-likeness (QED) is 0.901.